The molecule has 2 aromatic rings. The Morgan fingerprint density at radius 3 is 2.64 bits per heavy atom. The second-order valence-corrected chi connectivity index (χ2v) is 5.68. The van der Waals surface area contributed by atoms with Gasteiger partial charge >= 0.3 is 0 Å². The Hall–Kier alpha value is -0.400. The van der Waals surface area contributed by atoms with Crippen molar-refractivity contribution in [2.45, 2.75) is 0 Å². The van der Waals surface area contributed by atoms with Crippen LogP contribution in [0.4, 0.5) is 0 Å². The highest BCUT2D eigenvalue weighted by Gasteiger charge is 2.09. The molecule has 0 aromatic carbocycles. The van der Waals surface area contributed by atoms with Gasteiger partial charge in [0.15, 0.2) is 16.9 Å². The molecule has 0 aliphatic rings. The summed E-state index contributed by atoms with van der Waals surface area (Å²) in [5, 5.41) is 5.32. The number of rotatable bonds is 3. The average Bonchev–Trinajstić information content (AvgIpc) is 2.85. The van der Waals surface area contributed by atoms with Crippen molar-refractivity contribution in [3.63, 3.8) is 0 Å². The highest BCUT2D eigenvalue weighted by atomic mass is 32.1. The van der Waals surface area contributed by atoms with Crippen molar-refractivity contribution in [3.05, 3.63) is 22.9 Å². The van der Waals surface area contributed by atoms with Crippen LogP contribution in [0.3, 0.4) is 0 Å². The first-order valence-corrected chi connectivity index (χ1v) is 7.06. The Labute approximate surface area is 92.0 Å². The van der Waals surface area contributed by atoms with Gasteiger partial charge in [-0.15, -0.1) is 22.7 Å². The third-order valence-corrected chi connectivity index (χ3v) is 5.05. The second-order valence-electron chi connectivity index (χ2n) is 2.49. The zero-order valence-corrected chi connectivity index (χ0v) is 10.3. The third kappa shape index (κ3) is 1.84. The molecule has 0 saturated heterocycles. The van der Waals surface area contributed by atoms with Gasteiger partial charge in [-0.25, -0.2) is 0 Å². The predicted octanol–water partition coefficient (Wildman–Crippen LogP) is 3.31. The molecule has 0 unspecified atom stereocenters. The van der Waals surface area contributed by atoms with Crippen molar-refractivity contribution in [1.82, 2.24) is 0 Å². The molecule has 2 heterocycles. The topological polar surface area (TPSA) is 34.1 Å². The molecule has 0 bridgehead atoms. The van der Waals surface area contributed by atoms with Crippen molar-refractivity contribution in [2.24, 2.45) is 0 Å². The molecular formula is C8H4O2P2S2. The maximum absolute atomic E-state index is 10.8. The van der Waals surface area contributed by atoms with Gasteiger partial charge in [-0.1, -0.05) is 0 Å². The molecule has 0 atom stereocenters. The van der Waals surface area contributed by atoms with Crippen molar-refractivity contribution in [2.75, 3.05) is 0 Å². The van der Waals surface area contributed by atoms with Crippen LogP contribution in [0.5, 0.6) is 0 Å². The Bertz CT molecular complexity index is 475. The van der Waals surface area contributed by atoms with E-state index in [1.54, 1.807) is 11.3 Å². The van der Waals surface area contributed by atoms with Gasteiger partial charge in [0, 0.05) is 10.3 Å². The van der Waals surface area contributed by atoms with E-state index in [1.807, 2.05) is 22.9 Å². The molecule has 2 rings (SSSR count). The molecule has 0 fully saturated rings. The number of thiophene rings is 2. The molecule has 0 aliphatic heterocycles. The molecule has 0 aliphatic carbocycles. The van der Waals surface area contributed by atoms with Crippen LogP contribution in [-0.2, 0) is 9.13 Å². The highest BCUT2D eigenvalue weighted by Crippen LogP contribution is 2.29. The van der Waals surface area contributed by atoms with Gasteiger partial charge in [-0.3, -0.25) is 9.13 Å². The van der Waals surface area contributed by atoms with E-state index in [-0.39, 0.29) is 16.9 Å². The molecule has 0 spiro atoms. The van der Waals surface area contributed by atoms with Crippen LogP contribution < -0.4 is 10.6 Å². The standard InChI is InChI=1S/C8H4O2P2S2/c9-11-5-3-7(14-4-5)8-6(12-10)1-2-13-8/h1-4H. The lowest BCUT2D eigenvalue weighted by Gasteiger charge is -1.90. The van der Waals surface area contributed by atoms with E-state index in [0.29, 0.717) is 0 Å². The molecule has 70 valence electrons. The minimum atomic E-state index is 0.0362. The molecule has 0 N–H and O–H groups in total. The Kier molecular flexibility index (Phi) is 3.19. The average molecular weight is 258 g/mol. The van der Waals surface area contributed by atoms with Crippen molar-refractivity contribution >= 4 is 50.2 Å². The summed E-state index contributed by atoms with van der Waals surface area (Å²) in [5.74, 6) is 0. The molecule has 2 aromatic heterocycles. The molecule has 6 heteroatoms. The lowest BCUT2D eigenvalue weighted by atomic mass is 10.4. The van der Waals surface area contributed by atoms with Gasteiger partial charge in [0.2, 0.25) is 0 Å². The predicted molar refractivity (Wildman–Crippen MR) is 62.1 cm³/mol. The van der Waals surface area contributed by atoms with Crippen LogP contribution >= 0.6 is 39.6 Å². The lowest BCUT2D eigenvalue weighted by molar-refractivity contribution is 0.602. The Morgan fingerprint density at radius 1 is 1.14 bits per heavy atom. The summed E-state index contributed by atoms with van der Waals surface area (Å²) in [6, 6.07) is 3.70. The highest BCUT2D eigenvalue weighted by molar-refractivity contribution is 7.38. The first kappa shape index (κ1) is 10.1. The molecule has 0 radical (unpaired) electrons. The molecule has 2 nitrogen and oxygen atoms in total. The summed E-state index contributed by atoms with van der Waals surface area (Å²) < 4.78 is 21.4. The summed E-state index contributed by atoms with van der Waals surface area (Å²) in [6.07, 6.45) is 0. The Balaban J connectivity index is 2.48. The minimum Gasteiger partial charge on any atom is -0.269 e. The molecule has 0 amide bonds. The fourth-order valence-electron chi connectivity index (χ4n) is 1.05. The first-order valence-electron chi connectivity index (χ1n) is 3.68. The normalized spacial score (nSPS) is 11.1. The smallest absolute Gasteiger partial charge is 0.193 e. The van der Waals surface area contributed by atoms with Gasteiger partial charge in [-0.2, -0.15) is 0 Å². The van der Waals surface area contributed by atoms with E-state index in [0.717, 1.165) is 20.4 Å². The van der Waals surface area contributed by atoms with Crippen LogP contribution in [0.2, 0.25) is 0 Å². The van der Waals surface area contributed by atoms with Crippen molar-refractivity contribution in [1.29, 1.82) is 0 Å². The lowest BCUT2D eigenvalue weighted by Crippen LogP contribution is -1.88. The summed E-state index contributed by atoms with van der Waals surface area (Å²) in [6.45, 7) is 0. The maximum Gasteiger partial charge on any atom is 0.193 e. The van der Waals surface area contributed by atoms with E-state index >= 15 is 0 Å². The molecule has 0 saturated carbocycles. The fourth-order valence-corrected chi connectivity index (χ4v) is 4.16. The molecule has 14 heavy (non-hydrogen) atoms. The van der Waals surface area contributed by atoms with Crippen LogP contribution in [0.1, 0.15) is 0 Å². The largest absolute Gasteiger partial charge is 0.269 e. The SMILES string of the molecule is O=Pc1csc(-c2sccc2P=O)c1. The number of hydrogen-bond donors (Lipinski definition) is 0. The quantitative estimate of drug-likeness (QED) is 0.791. The van der Waals surface area contributed by atoms with Crippen LogP contribution in [0, 0.1) is 0 Å². The number of hydrogen-bond acceptors (Lipinski definition) is 4. The third-order valence-electron chi connectivity index (χ3n) is 1.66. The van der Waals surface area contributed by atoms with E-state index in [1.165, 1.54) is 11.3 Å². The molecular weight excluding hydrogens is 254 g/mol. The zero-order chi connectivity index (χ0) is 9.97. The maximum atomic E-state index is 10.8. The van der Waals surface area contributed by atoms with Gasteiger partial charge in [0.05, 0.1) is 15.5 Å². The van der Waals surface area contributed by atoms with Crippen LogP contribution in [0.25, 0.3) is 9.75 Å². The van der Waals surface area contributed by atoms with Crippen molar-refractivity contribution < 1.29 is 9.13 Å². The van der Waals surface area contributed by atoms with Crippen LogP contribution in [0.15, 0.2) is 22.9 Å². The summed E-state index contributed by atoms with van der Waals surface area (Å²) in [5.41, 5.74) is 0. The summed E-state index contributed by atoms with van der Waals surface area (Å²) in [7, 11) is 0.0742. The van der Waals surface area contributed by atoms with Gasteiger partial charge in [0.25, 0.3) is 0 Å². The van der Waals surface area contributed by atoms with E-state index in [4.69, 9.17) is 0 Å². The van der Waals surface area contributed by atoms with Gasteiger partial charge in [0.1, 0.15) is 0 Å². The Morgan fingerprint density at radius 2 is 2.00 bits per heavy atom. The van der Waals surface area contributed by atoms with E-state index in [9.17, 15) is 9.13 Å². The van der Waals surface area contributed by atoms with E-state index in [2.05, 4.69) is 0 Å². The summed E-state index contributed by atoms with van der Waals surface area (Å²) in [4.78, 5) is 2.03. The second kappa shape index (κ2) is 4.41. The van der Waals surface area contributed by atoms with Crippen molar-refractivity contribution in [3.8, 4) is 9.75 Å². The monoisotopic (exact) mass is 258 g/mol. The fraction of sp³-hybridized carbons (Fsp3) is 0. The zero-order valence-electron chi connectivity index (χ0n) is 6.84. The first-order chi connectivity index (χ1) is 6.85. The van der Waals surface area contributed by atoms with Gasteiger partial charge < -0.3 is 0 Å². The van der Waals surface area contributed by atoms with Gasteiger partial charge in [-0.05, 0) is 17.5 Å². The summed E-state index contributed by atoms with van der Waals surface area (Å²) >= 11 is 3.07. The van der Waals surface area contributed by atoms with E-state index < -0.39 is 0 Å². The van der Waals surface area contributed by atoms with Crippen LogP contribution in [-0.4, -0.2) is 0 Å². The minimum absolute atomic E-state index is 0.0362.